The average molecular weight is 401 g/mol. The first kappa shape index (κ1) is 19.6. The maximum Gasteiger partial charge on any atom is 0.186 e. The second-order valence-corrected chi connectivity index (χ2v) is 9.00. The number of benzene rings is 2. The number of halogens is 1. The third kappa shape index (κ3) is 3.28. The predicted octanol–water partition coefficient (Wildman–Crippen LogP) is 6.55. The maximum absolute atomic E-state index is 12.7. The van der Waals surface area contributed by atoms with Crippen LogP contribution in [-0.2, 0) is 12.8 Å². The monoisotopic (exact) mass is 400 g/mol. The van der Waals surface area contributed by atoms with Gasteiger partial charge in [-0.05, 0) is 93.0 Å². The van der Waals surface area contributed by atoms with Crippen molar-refractivity contribution in [2.24, 2.45) is 0 Å². The number of ketones is 1. The fourth-order valence-corrected chi connectivity index (χ4v) is 4.93. The molecule has 2 aliphatic carbocycles. The minimum absolute atomic E-state index is 0.0265. The summed E-state index contributed by atoms with van der Waals surface area (Å²) in [5.41, 5.74) is 4.55. The number of carbonyl (C=O) groups excluding carboxylic acids is 1. The number of ether oxygens (including phenoxy) is 2. The van der Waals surface area contributed by atoms with Crippen molar-refractivity contribution in [2.45, 2.75) is 83.8 Å². The summed E-state index contributed by atoms with van der Waals surface area (Å²) in [6.07, 6.45) is 6.95. The highest BCUT2D eigenvalue weighted by atomic mass is 35.5. The molecule has 0 radical (unpaired) electrons. The van der Waals surface area contributed by atoms with Crippen molar-refractivity contribution < 1.29 is 14.3 Å². The molecular weight excluding hydrogens is 372 g/mol. The van der Waals surface area contributed by atoms with Crippen LogP contribution in [0.15, 0.2) is 12.1 Å². The van der Waals surface area contributed by atoms with Crippen molar-refractivity contribution in [3.05, 3.63) is 34.4 Å². The summed E-state index contributed by atoms with van der Waals surface area (Å²) in [4.78, 5) is 12.7. The standard InChI is InChI=1S/C24H29ClO3/c1-13(2)27-19-11-17-15-9-7-5-6-8-10-16(15)21-22(24(26)23(21)25)18(17)12-20(19)28-14(3)4/h11-14,23H,5-10H2,1-4H3. The molecule has 4 heteroatoms. The lowest BCUT2D eigenvalue weighted by atomic mass is 9.74. The lowest BCUT2D eigenvalue weighted by Crippen LogP contribution is -2.27. The van der Waals surface area contributed by atoms with Crippen LogP contribution < -0.4 is 9.47 Å². The van der Waals surface area contributed by atoms with Gasteiger partial charge in [0.25, 0.3) is 0 Å². The number of hydrogen-bond acceptors (Lipinski definition) is 3. The van der Waals surface area contributed by atoms with Gasteiger partial charge in [0.15, 0.2) is 17.3 Å². The second kappa shape index (κ2) is 7.59. The van der Waals surface area contributed by atoms with Gasteiger partial charge < -0.3 is 9.47 Å². The molecule has 28 heavy (non-hydrogen) atoms. The highest BCUT2D eigenvalue weighted by Crippen LogP contribution is 2.49. The molecule has 0 bridgehead atoms. The summed E-state index contributed by atoms with van der Waals surface area (Å²) in [5.74, 6) is 1.50. The largest absolute Gasteiger partial charge is 0.487 e. The Morgan fingerprint density at radius 3 is 1.96 bits per heavy atom. The van der Waals surface area contributed by atoms with Gasteiger partial charge >= 0.3 is 0 Å². The van der Waals surface area contributed by atoms with E-state index in [4.69, 9.17) is 21.1 Å². The number of carbonyl (C=O) groups is 1. The number of Topliss-reactive ketones (excluding diaryl/α,β-unsaturated/α-hetero) is 1. The van der Waals surface area contributed by atoms with E-state index in [-0.39, 0.29) is 18.0 Å². The van der Waals surface area contributed by atoms with Gasteiger partial charge in [-0.25, -0.2) is 0 Å². The summed E-state index contributed by atoms with van der Waals surface area (Å²) >= 11 is 6.48. The zero-order chi connectivity index (χ0) is 20.0. The smallest absolute Gasteiger partial charge is 0.186 e. The van der Waals surface area contributed by atoms with E-state index >= 15 is 0 Å². The first-order valence-electron chi connectivity index (χ1n) is 10.6. The molecule has 3 nitrogen and oxygen atoms in total. The van der Waals surface area contributed by atoms with E-state index < -0.39 is 5.38 Å². The van der Waals surface area contributed by atoms with Crippen molar-refractivity contribution >= 4 is 28.2 Å². The third-order valence-corrected chi connectivity index (χ3v) is 6.11. The molecule has 150 valence electrons. The molecule has 0 aromatic heterocycles. The highest BCUT2D eigenvalue weighted by molar-refractivity contribution is 6.41. The molecule has 0 spiro atoms. The minimum Gasteiger partial charge on any atom is -0.487 e. The van der Waals surface area contributed by atoms with Crippen LogP contribution in [0.25, 0.3) is 10.8 Å². The lowest BCUT2D eigenvalue weighted by molar-refractivity contribution is 0.0962. The second-order valence-electron chi connectivity index (χ2n) is 8.56. The van der Waals surface area contributed by atoms with E-state index in [1.165, 1.54) is 30.4 Å². The number of fused-ring (bicyclic) bond motifs is 6. The van der Waals surface area contributed by atoms with Gasteiger partial charge in [0.05, 0.1) is 12.2 Å². The van der Waals surface area contributed by atoms with E-state index in [1.54, 1.807) is 0 Å². The molecule has 0 aliphatic heterocycles. The van der Waals surface area contributed by atoms with E-state index in [1.807, 2.05) is 33.8 Å². The first-order chi connectivity index (χ1) is 13.4. The fraction of sp³-hybridized carbons (Fsp3) is 0.542. The van der Waals surface area contributed by atoms with Gasteiger partial charge in [0, 0.05) is 5.56 Å². The van der Waals surface area contributed by atoms with Crippen LogP contribution in [0.5, 0.6) is 11.5 Å². The molecule has 2 aliphatic rings. The third-order valence-electron chi connectivity index (χ3n) is 5.70. The Labute approximate surface area is 172 Å². The van der Waals surface area contributed by atoms with Crippen molar-refractivity contribution in [1.29, 1.82) is 0 Å². The number of alkyl halides is 1. The predicted molar refractivity (Wildman–Crippen MR) is 114 cm³/mol. The molecule has 4 rings (SSSR count). The number of rotatable bonds is 4. The van der Waals surface area contributed by atoms with Crippen molar-refractivity contribution in [3.8, 4) is 11.5 Å². The highest BCUT2D eigenvalue weighted by Gasteiger charge is 2.40. The van der Waals surface area contributed by atoms with Crippen molar-refractivity contribution in [3.63, 3.8) is 0 Å². The Balaban J connectivity index is 2.00. The average Bonchev–Trinajstić information content (AvgIpc) is 2.60. The molecular formula is C24H29ClO3. The van der Waals surface area contributed by atoms with Crippen LogP contribution in [0.1, 0.15) is 85.8 Å². The Kier molecular flexibility index (Phi) is 5.30. The minimum atomic E-state index is -0.492. The molecule has 0 saturated carbocycles. The van der Waals surface area contributed by atoms with Gasteiger partial charge in [-0.1, -0.05) is 12.8 Å². The molecule has 0 fully saturated rings. The van der Waals surface area contributed by atoms with Crippen LogP contribution in [0, 0.1) is 0 Å². The molecule has 0 heterocycles. The zero-order valence-electron chi connectivity index (χ0n) is 17.2. The molecule has 1 atom stereocenters. The SMILES string of the molecule is CC(C)Oc1cc2c3c(c4c(c2cc1OC(C)C)C(=O)C4Cl)CCCCCC3. The molecule has 0 amide bonds. The van der Waals surface area contributed by atoms with Gasteiger partial charge in [-0.15, -0.1) is 11.6 Å². The van der Waals surface area contributed by atoms with E-state index in [0.717, 1.165) is 46.9 Å². The summed E-state index contributed by atoms with van der Waals surface area (Å²) in [5, 5.41) is 1.62. The zero-order valence-corrected chi connectivity index (χ0v) is 18.0. The van der Waals surface area contributed by atoms with Gasteiger partial charge in [0.1, 0.15) is 5.38 Å². The quantitative estimate of drug-likeness (QED) is 0.546. The summed E-state index contributed by atoms with van der Waals surface area (Å²) < 4.78 is 12.2. The van der Waals surface area contributed by atoms with Crippen LogP contribution in [0.2, 0.25) is 0 Å². The summed E-state index contributed by atoms with van der Waals surface area (Å²) in [7, 11) is 0. The summed E-state index contributed by atoms with van der Waals surface area (Å²) in [6.45, 7) is 8.05. The van der Waals surface area contributed by atoms with Crippen LogP contribution in [0.4, 0.5) is 0 Å². The van der Waals surface area contributed by atoms with Crippen LogP contribution in [-0.4, -0.2) is 18.0 Å². The van der Waals surface area contributed by atoms with Crippen LogP contribution >= 0.6 is 11.6 Å². The number of aryl methyl sites for hydroxylation is 1. The van der Waals surface area contributed by atoms with Gasteiger partial charge in [-0.2, -0.15) is 0 Å². The Bertz CT molecular complexity index is 930. The van der Waals surface area contributed by atoms with Crippen LogP contribution in [0.3, 0.4) is 0 Å². The lowest BCUT2D eigenvalue weighted by Gasteiger charge is -2.32. The Hall–Kier alpha value is -1.74. The van der Waals surface area contributed by atoms with Gasteiger partial charge in [-0.3, -0.25) is 4.79 Å². The molecule has 2 aromatic carbocycles. The molecule has 2 aromatic rings. The van der Waals surface area contributed by atoms with Crippen molar-refractivity contribution in [1.82, 2.24) is 0 Å². The summed E-state index contributed by atoms with van der Waals surface area (Å²) in [6, 6.07) is 4.11. The Morgan fingerprint density at radius 2 is 1.39 bits per heavy atom. The maximum atomic E-state index is 12.7. The van der Waals surface area contributed by atoms with E-state index in [2.05, 4.69) is 6.07 Å². The molecule has 0 saturated heterocycles. The topological polar surface area (TPSA) is 35.5 Å². The van der Waals surface area contributed by atoms with E-state index in [0.29, 0.717) is 5.75 Å². The molecule has 1 unspecified atom stereocenters. The number of hydrogen-bond donors (Lipinski definition) is 0. The van der Waals surface area contributed by atoms with E-state index in [9.17, 15) is 4.79 Å². The van der Waals surface area contributed by atoms with Crippen molar-refractivity contribution in [2.75, 3.05) is 0 Å². The Morgan fingerprint density at radius 1 is 0.857 bits per heavy atom. The normalized spacial score (nSPS) is 19.1. The molecule has 0 N–H and O–H groups in total. The van der Waals surface area contributed by atoms with Gasteiger partial charge in [0.2, 0.25) is 0 Å². The fourth-order valence-electron chi connectivity index (χ4n) is 4.58. The first-order valence-corrected chi connectivity index (χ1v) is 11.0.